The summed E-state index contributed by atoms with van der Waals surface area (Å²) < 4.78 is 21.5. The van der Waals surface area contributed by atoms with Crippen LogP contribution < -0.4 is 25.2 Å². The molecule has 128 valence electrons. The van der Waals surface area contributed by atoms with Crippen LogP contribution in [0.1, 0.15) is 12.5 Å². The van der Waals surface area contributed by atoms with E-state index in [1.165, 1.54) is 6.07 Å². The van der Waals surface area contributed by atoms with Crippen LogP contribution in [0, 0.1) is 0 Å². The molecular weight excluding hydrogens is 322 g/mol. The highest BCUT2D eigenvalue weighted by molar-refractivity contribution is 5.84. The highest BCUT2D eigenvalue weighted by Gasteiger charge is 2.17. The van der Waals surface area contributed by atoms with Crippen molar-refractivity contribution in [2.45, 2.75) is 13.5 Å². The van der Waals surface area contributed by atoms with Crippen LogP contribution in [-0.4, -0.2) is 13.4 Å². The van der Waals surface area contributed by atoms with Crippen molar-refractivity contribution < 1.29 is 18.6 Å². The maximum atomic E-state index is 11.8. The van der Waals surface area contributed by atoms with Crippen LogP contribution in [0.5, 0.6) is 17.2 Å². The molecule has 0 saturated heterocycles. The Bertz CT molecular complexity index is 962. The number of anilines is 1. The summed E-state index contributed by atoms with van der Waals surface area (Å²) in [4.78, 5) is 11.8. The van der Waals surface area contributed by atoms with Gasteiger partial charge in [-0.05, 0) is 42.8 Å². The predicted molar refractivity (Wildman–Crippen MR) is 93.5 cm³/mol. The maximum Gasteiger partial charge on any atom is 0.336 e. The van der Waals surface area contributed by atoms with Gasteiger partial charge in [-0.2, -0.15) is 0 Å². The van der Waals surface area contributed by atoms with E-state index in [1.807, 2.05) is 37.3 Å². The van der Waals surface area contributed by atoms with Crippen molar-refractivity contribution in [3.63, 3.8) is 0 Å². The number of rotatable bonds is 5. The van der Waals surface area contributed by atoms with Crippen molar-refractivity contribution in [2.24, 2.45) is 0 Å². The number of nitrogens with one attached hydrogen (secondary N) is 1. The molecule has 0 radical (unpaired) electrons. The standard InChI is InChI=1S/C19H17NO5/c1-2-22-14-5-3-13(4-6-14)20-10-12-7-19(21)25-16-9-18-17(8-15(12)16)23-11-24-18/h3-9,20H,2,10-11H2,1H3. The Morgan fingerprint density at radius 1 is 1.08 bits per heavy atom. The van der Waals surface area contributed by atoms with E-state index in [2.05, 4.69) is 5.32 Å². The van der Waals surface area contributed by atoms with Gasteiger partial charge >= 0.3 is 5.63 Å². The zero-order valence-electron chi connectivity index (χ0n) is 13.7. The van der Waals surface area contributed by atoms with Crippen molar-refractivity contribution in [1.82, 2.24) is 0 Å². The first kappa shape index (κ1) is 15.4. The summed E-state index contributed by atoms with van der Waals surface area (Å²) in [5.74, 6) is 2.07. The van der Waals surface area contributed by atoms with E-state index in [9.17, 15) is 4.79 Å². The maximum absolute atomic E-state index is 11.8. The van der Waals surface area contributed by atoms with Gasteiger partial charge in [-0.1, -0.05) is 0 Å². The van der Waals surface area contributed by atoms with Gasteiger partial charge in [-0.15, -0.1) is 0 Å². The third-order valence-corrected chi connectivity index (χ3v) is 3.97. The molecule has 0 bridgehead atoms. The van der Waals surface area contributed by atoms with Gasteiger partial charge in [0.05, 0.1) is 6.61 Å². The molecule has 0 unspecified atom stereocenters. The van der Waals surface area contributed by atoms with Crippen LogP contribution in [0.2, 0.25) is 0 Å². The number of benzene rings is 2. The van der Waals surface area contributed by atoms with E-state index >= 15 is 0 Å². The summed E-state index contributed by atoms with van der Waals surface area (Å²) in [7, 11) is 0. The first-order chi connectivity index (χ1) is 12.2. The highest BCUT2D eigenvalue weighted by atomic mass is 16.7. The second-order valence-electron chi connectivity index (χ2n) is 5.60. The Balaban J connectivity index is 1.61. The largest absolute Gasteiger partial charge is 0.494 e. The van der Waals surface area contributed by atoms with Gasteiger partial charge in [0.2, 0.25) is 6.79 Å². The minimum atomic E-state index is -0.394. The van der Waals surface area contributed by atoms with E-state index in [0.717, 1.165) is 22.4 Å². The van der Waals surface area contributed by atoms with Crippen molar-refractivity contribution in [3.05, 3.63) is 58.4 Å². The van der Waals surface area contributed by atoms with Crippen LogP contribution >= 0.6 is 0 Å². The van der Waals surface area contributed by atoms with Gasteiger partial charge < -0.3 is 23.9 Å². The molecule has 0 amide bonds. The molecule has 1 aliphatic rings. The average molecular weight is 339 g/mol. The van der Waals surface area contributed by atoms with Crippen molar-refractivity contribution in [2.75, 3.05) is 18.7 Å². The van der Waals surface area contributed by atoms with Crippen LogP contribution in [0.15, 0.2) is 51.7 Å². The zero-order chi connectivity index (χ0) is 17.2. The molecule has 1 aliphatic heterocycles. The lowest BCUT2D eigenvalue weighted by Crippen LogP contribution is -2.05. The second-order valence-corrected chi connectivity index (χ2v) is 5.60. The molecule has 2 aromatic carbocycles. The van der Waals surface area contributed by atoms with E-state index in [-0.39, 0.29) is 6.79 Å². The molecule has 0 saturated carbocycles. The van der Waals surface area contributed by atoms with Crippen molar-refractivity contribution in [1.29, 1.82) is 0 Å². The minimum Gasteiger partial charge on any atom is -0.494 e. The molecule has 6 heteroatoms. The summed E-state index contributed by atoms with van der Waals surface area (Å²) in [6.45, 7) is 3.24. The van der Waals surface area contributed by atoms with Gasteiger partial charge in [0.25, 0.3) is 0 Å². The molecule has 3 aromatic rings. The number of hydrogen-bond donors (Lipinski definition) is 1. The Kier molecular flexibility index (Phi) is 3.93. The first-order valence-corrected chi connectivity index (χ1v) is 8.06. The summed E-state index contributed by atoms with van der Waals surface area (Å²) >= 11 is 0. The lowest BCUT2D eigenvalue weighted by atomic mass is 10.1. The zero-order valence-corrected chi connectivity index (χ0v) is 13.7. The van der Waals surface area contributed by atoms with E-state index in [1.54, 1.807) is 6.07 Å². The van der Waals surface area contributed by atoms with Crippen LogP contribution in [-0.2, 0) is 6.54 Å². The van der Waals surface area contributed by atoms with E-state index in [0.29, 0.717) is 30.2 Å². The van der Waals surface area contributed by atoms with Crippen molar-refractivity contribution >= 4 is 16.7 Å². The fourth-order valence-electron chi connectivity index (χ4n) is 2.80. The number of hydrogen-bond acceptors (Lipinski definition) is 6. The summed E-state index contributed by atoms with van der Waals surface area (Å²) in [5, 5.41) is 4.13. The predicted octanol–water partition coefficient (Wildman–Crippen LogP) is 3.53. The molecule has 0 aliphatic carbocycles. The number of ether oxygens (including phenoxy) is 3. The Morgan fingerprint density at radius 2 is 1.84 bits per heavy atom. The van der Waals surface area contributed by atoms with Gasteiger partial charge in [0.15, 0.2) is 11.5 Å². The van der Waals surface area contributed by atoms with Gasteiger partial charge in [-0.3, -0.25) is 0 Å². The normalized spacial score (nSPS) is 12.4. The topological polar surface area (TPSA) is 69.9 Å². The van der Waals surface area contributed by atoms with Gasteiger partial charge in [-0.25, -0.2) is 4.79 Å². The molecule has 0 spiro atoms. The van der Waals surface area contributed by atoms with Gasteiger partial charge in [0.1, 0.15) is 11.3 Å². The number of fused-ring (bicyclic) bond motifs is 2. The molecule has 4 rings (SSSR count). The summed E-state index contributed by atoms with van der Waals surface area (Å²) in [6, 6.07) is 12.7. The molecule has 6 nitrogen and oxygen atoms in total. The van der Waals surface area contributed by atoms with E-state index < -0.39 is 5.63 Å². The van der Waals surface area contributed by atoms with Crippen LogP contribution in [0.3, 0.4) is 0 Å². The SMILES string of the molecule is CCOc1ccc(NCc2cc(=O)oc3cc4c(cc23)OCO4)cc1. The molecule has 1 N–H and O–H groups in total. The monoisotopic (exact) mass is 339 g/mol. The third-order valence-electron chi connectivity index (χ3n) is 3.97. The second kappa shape index (κ2) is 6.39. The highest BCUT2D eigenvalue weighted by Crippen LogP contribution is 2.36. The lowest BCUT2D eigenvalue weighted by Gasteiger charge is -2.10. The fourth-order valence-corrected chi connectivity index (χ4v) is 2.80. The fraction of sp³-hybridized carbons (Fsp3) is 0.211. The first-order valence-electron chi connectivity index (χ1n) is 8.06. The summed E-state index contributed by atoms with van der Waals surface area (Å²) in [5.41, 5.74) is 1.86. The molecule has 0 fully saturated rings. The lowest BCUT2D eigenvalue weighted by molar-refractivity contribution is 0.174. The average Bonchev–Trinajstić information content (AvgIpc) is 3.06. The van der Waals surface area contributed by atoms with Crippen LogP contribution in [0.4, 0.5) is 5.69 Å². The molecule has 1 aromatic heterocycles. The van der Waals surface area contributed by atoms with Gasteiger partial charge in [0, 0.05) is 29.8 Å². The molecular formula is C19H17NO5. The third kappa shape index (κ3) is 3.10. The molecule has 0 atom stereocenters. The van der Waals surface area contributed by atoms with Crippen molar-refractivity contribution in [3.8, 4) is 17.2 Å². The smallest absolute Gasteiger partial charge is 0.336 e. The quantitative estimate of drug-likeness (QED) is 0.717. The molecule has 25 heavy (non-hydrogen) atoms. The summed E-state index contributed by atoms with van der Waals surface area (Å²) in [6.07, 6.45) is 0. The Labute approximate surface area is 143 Å². The Hall–Kier alpha value is -3.15. The minimum absolute atomic E-state index is 0.176. The van der Waals surface area contributed by atoms with Crippen LogP contribution in [0.25, 0.3) is 11.0 Å². The van der Waals surface area contributed by atoms with E-state index in [4.69, 9.17) is 18.6 Å². The molecule has 2 heterocycles. The Morgan fingerprint density at radius 3 is 2.60 bits per heavy atom.